The van der Waals surface area contributed by atoms with E-state index in [-0.39, 0.29) is 0 Å². The van der Waals surface area contributed by atoms with Gasteiger partial charge in [-0.15, -0.1) is 0 Å². The highest BCUT2D eigenvalue weighted by molar-refractivity contribution is 5.85. The Bertz CT molecular complexity index is 192. The summed E-state index contributed by atoms with van der Waals surface area (Å²) in [7, 11) is 0. The van der Waals surface area contributed by atoms with Crippen LogP contribution in [-0.4, -0.2) is 11.1 Å². The molecule has 0 spiro atoms. The fraction of sp³-hybridized carbons (Fsp3) is 0.750. The van der Waals surface area contributed by atoms with Crippen molar-refractivity contribution in [2.24, 2.45) is 5.92 Å². The molecule has 0 saturated carbocycles. The summed E-state index contributed by atoms with van der Waals surface area (Å²) in [6.45, 7) is 6.11. The molecule has 2 heteroatoms. The summed E-state index contributed by atoms with van der Waals surface area (Å²) >= 11 is 0. The lowest BCUT2D eigenvalue weighted by atomic mass is 10.0. The second kappa shape index (κ2) is 7.60. The molecule has 0 aromatic carbocycles. The Hall–Kier alpha value is -0.790. The standard InChI is InChI=1S/C12H22O2/c1-10(2)8-6-4-5-7-9-11(3)12(13)14/h9-10H,4-8H2,1-3H3,(H,13,14)/b11-9+. The fourth-order valence-corrected chi connectivity index (χ4v) is 1.28. The number of carbonyl (C=O) groups is 1. The van der Waals surface area contributed by atoms with Crippen LogP contribution in [0.1, 0.15) is 52.9 Å². The summed E-state index contributed by atoms with van der Waals surface area (Å²) in [4.78, 5) is 10.4. The van der Waals surface area contributed by atoms with Crippen molar-refractivity contribution < 1.29 is 9.90 Å². The van der Waals surface area contributed by atoms with Gasteiger partial charge in [-0.3, -0.25) is 0 Å². The highest BCUT2D eigenvalue weighted by atomic mass is 16.4. The third-order valence-electron chi connectivity index (χ3n) is 2.27. The molecule has 0 aromatic heterocycles. The lowest BCUT2D eigenvalue weighted by Gasteiger charge is -2.02. The summed E-state index contributed by atoms with van der Waals surface area (Å²) < 4.78 is 0. The molecule has 14 heavy (non-hydrogen) atoms. The van der Waals surface area contributed by atoms with Gasteiger partial charge in [0.15, 0.2) is 0 Å². The SMILES string of the molecule is C/C(=C\CCCCCC(C)C)C(=O)O. The summed E-state index contributed by atoms with van der Waals surface area (Å²) in [6.07, 6.45) is 7.58. The van der Waals surface area contributed by atoms with Crippen molar-refractivity contribution in [3.05, 3.63) is 11.6 Å². The first kappa shape index (κ1) is 13.2. The Morgan fingerprint density at radius 1 is 1.29 bits per heavy atom. The van der Waals surface area contributed by atoms with Gasteiger partial charge in [0.25, 0.3) is 0 Å². The average Bonchev–Trinajstić information content (AvgIpc) is 2.09. The molecule has 0 rings (SSSR count). The van der Waals surface area contributed by atoms with Crippen molar-refractivity contribution in [2.45, 2.75) is 52.9 Å². The van der Waals surface area contributed by atoms with Crippen molar-refractivity contribution in [1.82, 2.24) is 0 Å². The van der Waals surface area contributed by atoms with Gasteiger partial charge in [-0.05, 0) is 25.7 Å². The van der Waals surface area contributed by atoms with Crippen LogP contribution in [0.3, 0.4) is 0 Å². The van der Waals surface area contributed by atoms with E-state index in [0.29, 0.717) is 5.57 Å². The van der Waals surface area contributed by atoms with Crippen molar-refractivity contribution in [3.63, 3.8) is 0 Å². The van der Waals surface area contributed by atoms with Gasteiger partial charge in [0, 0.05) is 5.57 Å². The summed E-state index contributed by atoms with van der Waals surface area (Å²) in [6, 6.07) is 0. The molecule has 82 valence electrons. The molecule has 0 radical (unpaired) electrons. The number of rotatable bonds is 7. The Morgan fingerprint density at radius 3 is 2.43 bits per heavy atom. The number of carboxylic acid groups (broad SMARTS) is 1. The first-order chi connectivity index (χ1) is 6.54. The third kappa shape index (κ3) is 7.84. The van der Waals surface area contributed by atoms with Crippen LogP contribution in [0.5, 0.6) is 0 Å². The third-order valence-corrected chi connectivity index (χ3v) is 2.27. The average molecular weight is 198 g/mol. The van der Waals surface area contributed by atoms with E-state index in [1.165, 1.54) is 19.3 Å². The van der Waals surface area contributed by atoms with Crippen LogP contribution >= 0.6 is 0 Å². The molecule has 0 bridgehead atoms. The van der Waals surface area contributed by atoms with Crippen LogP contribution in [0.25, 0.3) is 0 Å². The minimum atomic E-state index is -0.799. The molecule has 0 amide bonds. The minimum Gasteiger partial charge on any atom is -0.478 e. The summed E-state index contributed by atoms with van der Waals surface area (Å²) in [5, 5.41) is 8.59. The van der Waals surface area contributed by atoms with Gasteiger partial charge in [0.2, 0.25) is 0 Å². The van der Waals surface area contributed by atoms with E-state index < -0.39 is 5.97 Å². The predicted octanol–water partition coefficient (Wildman–Crippen LogP) is 3.62. The van der Waals surface area contributed by atoms with E-state index in [1.807, 2.05) is 6.08 Å². The first-order valence-electron chi connectivity index (χ1n) is 5.44. The molecule has 2 nitrogen and oxygen atoms in total. The normalized spacial score (nSPS) is 12.1. The highest BCUT2D eigenvalue weighted by Crippen LogP contribution is 2.10. The topological polar surface area (TPSA) is 37.3 Å². The maximum Gasteiger partial charge on any atom is 0.330 e. The molecule has 0 saturated heterocycles. The van der Waals surface area contributed by atoms with Crippen molar-refractivity contribution in [2.75, 3.05) is 0 Å². The fourth-order valence-electron chi connectivity index (χ4n) is 1.28. The quantitative estimate of drug-likeness (QED) is 0.501. The molecule has 0 aromatic rings. The Balaban J connectivity index is 3.38. The molecule has 0 unspecified atom stereocenters. The van der Waals surface area contributed by atoms with Crippen LogP contribution < -0.4 is 0 Å². The molecule has 0 atom stereocenters. The van der Waals surface area contributed by atoms with E-state index in [4.69, 9.17) is 5.11 Å². The second-order valence-corrected chi connectivity index (χ2v) is 4.22. The highest BCUT2D eigenvalue weighted by Gasteiger charge is 1.98. The molecular formula is C12H22O2. The number of allylic oxidation sites excluding steroid dienone is 1. The predicted molar refractivity (Wildman–Crippen MR) is 59.3 cm³/mol. The van der Waals surface area contributed by atoms with Crippen LogP contribution in [0, 0.1) is 5.92 Å². The molecule has 0 heterocycles. The Kier molecular flexibility index (Phi) is 7.17. The van der Waals surface area contributed by atoms with Gasteiger partial charge in [-0.1, -0.05) is 39.2 Å². The Labute approximate surface area is 87.0 Å². The van der Waals surface area contributed by atoms with Gasteiger partial charge in [0.05, 0.1) is 0 Å². The molecule has 0 aliphatic heterocycles. The van der Waals surface area contributed by atoms with Crippen molar-refractivity contribution >= 4 is 5.97 Å². The zero-order valence-corrected chi connectivity index (χ0v) is 9.55. The van der Waals surface area contributed by atoms with Crippen molar-refractivity contribution in [3.8, 4) is 0 Å². The maximum atomic E-state index is 10.4. The van der Waals surface area contributed by atoms with Crippen LogP contribution in [-0.2, 0) is 4.79 Å². The maximum absolute atomic E-state index is 10.4. The first-order valence-corrected chi connectivity index (χ1v) is 5.44. The summed E-state index contributed by atoms with van der Waals surface area (Å²) in [5.74, 6) is -0.0153. The van der Waals surface area contributed by atoms with E-state index in [9.17, 15) is 4.79 Å². The van der Waals surface area contributed by atoms with Gasteiger partial charge in [-0.2, -0.15) is 0 Å². The van der Waals surface area contributed by atoms with Gasteiger partial charge < -0.3 is 5.11 Å². The van der Waals surface area contributed by atoms with Crippen LogP contribution in [0.2, 0.25) is 0 Å². The number of aliphatic carboxylic acids is 1. The van der Waals surface area contributed by atoms with Crippen LogP contribution in [0.15, 0.2) is 11.6 Å². The monoisotopic (exact) mass is 198 g/mol. The number of unbranched alkanes of at least 4 members (excludes halogenated alkanes) is 3. The van der Waals surface area contributed by atoms with E-state index >= 15 is 0 Å². The largest absolute Gasteiger partial charge is 0.478 e. The number of carboxylic acids is 1. The zero-order chi connectivity index (χ0) is 11.0. The van der Waals surface area contributed by atoms with Gasteiger partial charge in [-0.25, -0.2) is 4.79 Å². The molecule has 0 aliphatic carbocycles. The summed E-state index contributed by atoms with van der Waals surface area (Å²) in [5.41, 5.74) is 0.467. The lowest BCUT2D eigenvalue weighted by molar-refractivity contribution is -0.132. The van der Waals surface area contributed by atoms with E-state index in [0.717, 1.165) is 18.8 Å². The second-order valence-electron chi connectivity index (χ2n) is 4.22. The van der Waals surface area contributed by atoms with Gasteiger partial charge >= 0.3 is 5.97 Å². The lowest BCUT2D eigenvalue weighted by Crippen LogP contribution is -1.95. The molecular weight excluding hydrogens is 176 g/mol. The van der Waals surface area contributed by atoms with Gasteiger partial charge in [0.1, 0.15) is 0 Å². The smallest absolute Gasteiger partial charge is 0.330 e. The van der Waals surface area contributed by atoms with E-state index in [1.54, 1.807) is 6.92 Å². The van der Waals surface area contributed by atoms with Crippen molar-refractivity contribution in [1.29, 1.82) is 0 Å². The molecule has 0 fully saturated rings. The number of hydrogen-bond donors (Lipinski definition) is 1. The zero-order valence-electron chi connectivity index (χ0n) is 9.55. The van der Waals surface area contributed by atoms with Crippen LogP contribution in [0.4, 0.5) is 0 Å². The minimum absolute atomic E-state index is 0.467. The Morgan fingerprint density at radius 2 is 1.93 bits per heavy atom. The molecule has 1 N–H and O–H groups in total. The number of hydrogen-bond acceptors (Lipinski definition) is 1. The van der Waals surface area contributed by atoms with E-state index in [2.05, 4.69) is 13.8 Å². The molecule has 0 aliphatic rings.